The van der Waals surface area contributed by atoms with Gasteiger partial charge in [-0.3, -0.25) is 0 Å². The molecule has 0 spiro atoms. The third kappa shape index (κ3) is 4.62. The molecule has 2 atom stereocenters. The number of amides is 2. The highest BCUT2D eigenvalue weighted by atomic mass is 19.1. The molecule has 23 heavy (non-hydrogen) atoms. The van der Waals surface area contributed by atoms with E-state index in [0.717, 1.165) is 18.2 Å². The van der Waals surface area contributed by atoms with Gasteiger partial charge in [-0.15, -0.1) is 0 Å². The molecular weight excluding hydrogens is 306 g/mol. The highest BCUT2D eigenvalue weighted by molar-refractivity contribution is 5.75. The van der Waals surface area contributed by atoms with Crippen LogP contribution in [0.3, 0.4) is 0 Å². The van der Waals surface area contributed by atoms with E-state index in [9.17, 15) is 13.6 Å². The molecule has 1 aliphatic heterocycles. The maximum absolute atomic E-state index is 13.9. The van der Waals surface area contributed by atoms with Crippen LogP contribution in [0.4, 0.5) is 13.6 Å². The number of benzene rings is 1. The summed E-state index contributed by atoms with van der Waals surface area (Å²) in [6, 6.07) is 2.36. The van der Waals surface area contributed by atoms with E-state index in [1.165, 1.54) is 0 Å². The highest BCUT2D eigenvalue weighted by Crippen LogP contribution is 2.21. The maximum Gasteiger partial charge on any atom is 0.318 e. The molecule has 1 aliphatic rings. The number of morpholine rings is 1. The fourth-order valence-electron chi connectivity index (χ4n) is 2.61. The van der Waals surface area contributed by atoms with Crippen molar-refractivity contribution < 1.29 is 23.0 Å². The quantitative estimate of drug-likeness (QED) is 0.903. The number of carbonyl (C=O) groups is 1. The standard InChI is InChI=1S/C16H22F2N2O3/c1-3-15(13-8-11(17)4-5-14(13)18)19-16(21)20-6-7-23-12(9-20)10-22-2/h4-5,8,12,15H,3,6-7,9-10H2,1-2H3,(H,19,21)/t12-,15+/m0/s1. The molecule has 1 saturated heterocycles. The van der Waals surface area contributed by atoms with Gasteiger partial charge in [0.15, 0.2) is 0 Å². The van der Waals surface area contributed by atoms with E-state index in [-0.39, 0.29) is 17.7 Å². The van der Waals surface area contributed by atoms with Crippen LogP contribution in [0.25, 0.3) is 0 Å². The fraction of sp³-hybridized carbons (Fsp3) is 0.562. The summed E-state index contributed by atoms with van der Waals surface area (Å²) in [6.45, 7) is 3.49. The molecule has 0 aromatic heterocycles. The molecule has 128 valence electrons. The lowest BCUT2D eigenvalue weighted by atomic mass is 10.0. The van der Waals surface area contributed by atoms with Gasteiger partial charge in [0.05, 0.1) is 31.9 Å². The van der Waals surface area contributed by atoms with Crippen LogP contribution in [-0.2, 0) is 9.47 Å². The summed E-state index contributed by atoms with van der Waals surface area (Å²) in [5.41, 5.74) is 0.155. The summed E-state index contributed by atoms with van der Waals surface area (Å²) < 4.78 is 37.8. The molecule has 0 saturated carbocycles. The van der Waals surface area contributed by atoms with Crippen LogP contribution in [0.2, 0.25) is 0 Å². The molecule has 1 fully saturated rings. The van der Waals surface area contributed by atoms with Crippen molar-refractivity contribution in [2.75, 3.05) is 33.4 Å². The summed E-state index contributed by atoms with van der Waals surface area (Å²) >= 11 is 0. The van der Waals surface area contributed by atoms with Gasteiger partial charge in [-0.25, -0.2) is 13.6 Å². The first-order valence-corrected chi connectivity index (χ1v) is 7.66. The minimum absolute atomic E-state index is 0.155. The number of carbonyl (C=O) groups excluding carboxylic acids is 1. The van der Waals surface area contributed by atoms with Gasteiger partial charge < -0.3 is 19.7 Å². The van der Waals surface area contributed by atoms with E-state index in [4.69, 9.17) is 9.47 Å². The van der Waals surface area contributed by atoms with Gasteiger partial charge in [-0.1, -0.05) is 6.92 Å². The second-order valence-corrected chi connectivity index (χ2v) is 5.47. The van der Waals surface area contributed by atoms with Crippen LogP contribution >= 0.6 is 0 Å². The van der Waals surface area contributed by atoms with Crippen molar-refractivity contribution in [3.63, 3.8) is 0 Å². The predicted octanol–water partition coefficient (Wildman–Crippen LogP) is 2.47. The van der Waals surface area contributed by atoms with Crippen molar-refractivity contribution in [3.8, 4) is 0 Å². The molecule has 2 amide bonds. The van der Waals surface area contributed by atoms with Crippen molar-refractivity contribution in [1.29, 1.82) is 0 Å². The molecular formula is C16H22F2N2O3. The van der Waals surface area contributed by atoms with Crippen LogP contribution in [0.15, 0.2) is 18.2 Å². The third-order valence-corrected chi connectivity index (χ3v) is 3.82. The number of halogens is 2. The lowest BCUT2D eigenvalue weighted by molar-refractivity contribution is -0.0496. The summed E-state index contributed by atoms with van der Waals surface area (Å²) in [6.07, 6.45) is 0.281. The Morgan fingerprint density at radius 1 is 1.52 bits per heavy atom. The minimum Gasteiger partial charge on any atom is -0.382 e. The molecule has 0 aliphatic carbocycles. The number of methoxy groups -OCH3 is 1. The van der Waals surface area contributed by atoms with Crippen LogP contribution < -0.4 is 5.32 Å². The first-order valence-electron chi connectivity index (χ1n) is 7.66. The van der Waals surface area contributed by atoms with E-state index < -0.39 is 17.7 Å². The summed E-state index contributed by atoms with van der Waals surface area (Å²) in [5.74, 6) is -1.06. The Hall–Kier alpha value is -1.73. The van der Waals surface area contributed by atoms with Crippen molar-refractivity contribution in [2.45, 2.75) is 25.5 Å². The number of rotatable bonds is 5. The topological polar surface area (TPSA) is 50.8 Å². The zero-order valence-corrected chi connectivity index (χ0v) is 13.4. The van der Waals surface area contributed by atoms with Crippen LogP contribution in [0, 0.1) is 11.6 Å². The number of hydrogen-bond acceptors (Lipinski definition) is 3. The van der Waals surface area contributed by atoms with Crippen molar-refractivity contribution in [3.05, 3.63) is 35.4 Å². The van der Waals surface area contributed by atoms with E-state index in [1.54, 1.807) is 12.0 Å². The van der Waals surface area contributed by atoms with Crippen LogP contribution in [0.5, 0.6) is 0 Å². The zero-order valence-electron chi connectivity index (χ0n) is 13.4. The predicted molar refractivity (Wildman–Crippen MR) is 81.1 cm³/mol. The first kappa shape index (κ1) is 17.6. The van der Waals surface area contributed by atoms with Gasteiger partial charge in [0.1, 0.15) is 11.6 Å². The van der Waals surface area contributed by atoms with E-state index in [0.29, 0.717) is 32.7 Å². The monoisotopic (exact) mass is 328 g/mol. The molecule has 7 heteroatoms. The van der Waals surface area contributed by atoms with Gasteiger partial charge >= 0.3 is 6.03 Å². The summed E-state index contributed by atoms with van der Waals surface area (Å²) in [7, 11) is 1.57. The summed E-state index contributed by atoms with van der Waals surface area (Å²) in [4.78, 5) is 14.0. The van der Waals surface area contributed by atoms with Crippen molar-refractivity contribution in [1.82, 2.24) is 10.2 Å². The van der Waals surface area contributed by atoms with E-state index in [1.807, 2.05) is 6.92 Å². The van der Waals surface area contributed by atoms with E-state index in [2.05, 4.69) is 5.32 Å². The van der Waals surface area contributed by atoms with Gasteiger partial charge in [-0.2, -0.15) is 0 Å². The molecule has 2 rings (SSSR count). The molecule has 0 bridgehead atoms. The number of urea groups is 1. The molecule has 1 aromatic rings. The molecule has 1 heterocycles. The Balaban J connectivity index is 2.03. The van der Waals surface area contributed by atoms with Gasteiger partial charge in [0.2, 0.25) is 0 Å². The highest BCUT2D eigenvalue weighted by Gasteiger charge is 2.26. The zero-order chi connectivity index (χ0) is 16.8. The lowest BCUT2D eigenvalue weighted by Gasteiger charge is -2.33. The maximum atomic E-state index is 13.9. The van der Waals surface area contributed by atoms with E-state index >= 15 is 0 Å². The first-order chi connectivity index (χ1) is 11.0. The minimum atomic E-state index is -0.582. The van der Waals surface area contributed by atoms with Gasteiger partial charge in [-0.05, 0) is 24.6 Å². The molecule has 0 unspecified atom stereocenters. The SMILES string of the molecule is CC[C@@H](NC(=O)N1CCO[C@H](COC)C1)c1cc(F)ccc1F. The fourth-order valence-corrected chi connectivity index (χ4v) is 2.61. The molecule has 0 radical (unpaired) electrons. The Kier molecular flexibility index (Phi) is 6.29. The smallest absolute Gasteiger partial charge is 0.318 e. The molecule has 5 nitrogen and oxygen atoms in total. The largest absolute Gasteiger partial charge is 0.382 e. The molecule has 1 aromatic carbocycles. The van der Waals surface area contributed by atoms with Crippen molar-refractivity contribution in [2.24, 2.45) is 0 Å². The third-order valence-electron chi connectivity index (χ3n) is 3.82. The Morgan fingerprint density at radius 3 is 3.00 bits per heavy atom. The number of nitrogens with one attached hydrogen (secondary N) is 1. The van der Waals surface area contributed by atoms with Crippen LogP contribution in [-0.4, -0.2) is 50.4 Å². The average molecular weight is 328 g/mol. The van der Waals surface area contributed by atoms with Crippen molar-refractivity contribution >= 4 is 6.03 Å². The normalized spacial score (nSPS) is 19.5. The van der Waals surface area contributed by atoms with Crippen LogP contribution in [0.1, 0.15) is 24.9 Å². The second kappa shape index (κ2) is 8.21. The Morgan fingerprint density at radius 2 is 2.30 bits per heavy atom. The Labute approximate surface area is 134 Å². The number of hydrogen-bond donors (Lipinski definition) is 1. The molecule has 1 N–H and O–H groups in total. The van der Waals surface area contributed by atoms with Gasteiger partial charge in [0, 0.05) is 19.2 Å². The number of ether oxygens (including phenoxy) is 2. The van der Waals surface area contributed by atoms with Gasteiger partial charge in [0.25, 0.3) is 0 Å². The number of nitrogens with zero attached hydrogens (tertiary/aromatic N) is 1. The second-order valence-electron chi connectivity index (χ2n) is 5.47. The average Bonchev–Trinajstić information content (AvgIpc) is 2.55. The Bertz CT molecular complexity index is 540. The lowest BCUT2D eigenvalue weighted by Crippen LogP contribution is -2.51. The summed E-state index contributed by atoms with van der Waals surface area (Å²) in [5, 5.41) is 2.77.